The maximum Gasteiger partial charge on any atom is 0.174 e. The summed E-state index contributed by atoms with van der Waals surface area (Å²) >= 11 is 11.6. The molecule has 0 aliphatic rings. The van der Waals surface area contributed by atoms with Crippen molar-refractivity contribution in [3.05, 3.63) is 52.0 Å². The molecule has 0 aliphatic carbocycles. The quantitative estimate of drug-likeness (QED) is 0.933. The van der Waals surface area contributed by atoms with Crippen LogP contribution in [-0.2, 0) is 6.42 Å². The van der Waals surface area contributed by atoms with Crippen molar-refractivity contribution in [3.63, 3.8) is 0 Å². The second-order valence-electron chi connectivity index (χ2n) is 3.68. The zero-order valence-electron chi connectivity index (χ0n) is 9.33. The van der Waals surface area contributed by atoms with Crippen molar-refractivity contribution in [2.45, 2.75) is 6.42 Å². The SMILES string of the molecule is Fc1cccc(CCNc2cc(Cl)nnc2Cl)c1. The third kappa shape index (κ3) is 3.55. The van der Waals surface area contributed by atoms with E-state index in [1.165, 1.54) is 12.1 Å². The Hall–Kier alpha value is -1.39. The Morgan fingerprint density at radius 2 is 2.00 bits per heavy atom. The molecule has 1 aromatic heterocycles. The fraction of sp³-hybridized carbons (Fsp3) is 0.167. The van der Waals surface area contributed by atoms with Crippen LogP contribution in [0.15, 0.2) is 30.3 Å². The summed E-state index contributed by atoms with van der Waals surface area (Å²) in [6.45, 7) is 0.602. The number of aromatic nitrogens is 2. The van der Waals surface area contributed by atoms with Gasteiger partial charge in [-0.3, -0.25) is 0 Å². The van der Waals surface area contributed by atoms with Gasteiger partial charge in [-0.05, 0) is 24.1 Å². The van der Waals surface area contributed by atoms with Crippen molar-refractivity contribution in [1.29, 1.82) is 0 Å². The van der Waals surface area contributed by atoms with E-state index in [0.717, 1.165) is 5.56 Å². The molecule has 0 aliphatic heterocycles. The highest BCUT2D eigenvalue weighted by Gasteiger charge is 2.03. The minimum absolute atomic E-state index is 0.237. The van der Waals surface area contributed by atoms with Crippen molar-refractivity contribution < 1.29 is 4.39 Å². The minimum Gasteiger partial charge on any atom is -0.382 e. The van der Waals surface area contributed by atoms with E-state index in [9.17, 15) is 4.39 Å². The van der Waals surface area contributed by atoms with Gasteiger partial charge in [-0.25, -0.2) is 4.39 Å². The van der Waals surface area contributed by atoms with Crippen molar-refractivity contribution in [1.82, 2.24) is 10.2 Å². The molecule has 0 atom stereocenters. The van der Waals surface area contributed by atoms with E-state index in [-0.39, 0.29) is 16.1 Å². The summed E-state index contributed by atoms with van der Waals surface area (Å²) in [6, 6.07) is 8.07. The van der Waals surface area contributed by atoms with Gasteiger partial charge in [0, 0.05) is 12.6 Å². The maximum absolute atomic E-state index is 13.0. The molecule has 94 valence electrons. The Bertz CT molecular complexity index is 549. The van der Waals surface area contributed by atoms with Crippen molar-refractivity contribution in [2.75, 3.05) is 11.9 Å². The first-order valence-corrected chi connectivity index (χ1v) is 6.08. The molecule has 3 nitrogen and oxygen atoms in total. The summed E-state index contributed by atoms with van der Waals surface area (Å²) in [7, 11) is 0. The van der Waals surface area contributed by atoms with Gasteiger partial charge in [-0.1, -0.05) is 35.3 Å². The molecule has 2 aromatic rings. The lowest BCUT2D eigenvalue weighted by Crippen LogP contribution is -2.06. The lowest BCUT2D eigenvalue weighted by Gasteiger charge is -2.07. The van der Waals surface area contributed by atoms with E-state index in [2.05, 4.69) is 15.5 Å². The molecule has 1 heterocycles. The van der Waals surface area contributed by atoms with E-state index >= 15 is 0 Å². The Morgan fingerprint density at radius 3 is 2.78 bits per heavy atom. The zero-order chi connectivity index (χ0) is 13.0. The van der Waals surface area contributed by atoms with Gasteiger partial charge in [-0.2, -0.15) is 0 Å². The number of rotatable bonds is 4. The molecular weight excluding hydrogens is 276 g/mol. The summed E-state index contributed by atoms with van der Waals surface area (Å²) in [6.07, 6.45) is 0.675. The van der Waals surface area contributed by atoms with Gasteiger partial charge in [-0.15, -0.1) is 10.2 Å². The Labute approximate surface area is 114 Å². The second kappa shape index (κ2) is 5.98. The first-order valence-electron chi connectivity index (χ1n) is 5.32. The van der Waals surface area contributed by atoms with Crippen LogP contribution in [0.4, 0.5) is 10.1 Å². The van der Waals surface area contributed by atoms with E-state index in [1.807, 2.05) is 6.07 Å². The van der Waals surface area contributed by atoms with Gasteiger partial charge in [0.25, 0.3) is 0 Å². The predicted molar refractivity (Wildman–Crippen MR) is 70.6 cm³/mol. The zero-order valence-corrected chi connectivity index (χ0v) is 10.8. The average molecular weight is 286 g/mol. The smallest absolute Gasteiger partial charge is 0.174 e. The third-order valence-electron chi connectivity index (χ3n) is 2.34. The molecule has 0 fully saturated rings. The van der Waals surface area contributed by atoms with Crippen LogP contribution in [0.1, 0.15) is 5.56 Å². The van der Waals surface area contributed by atoms with E-state index < -0.39 is 0 Å². The number of nitrogens with zero attached hydrogens (tertiary/aromatic N) is 2. The topological polar surface area (TPSA) is 37.8 Å². The van der Waals surface area contributed by atoms with Gasteiger partial charge in [0.1, 0.15) is 5.82 Å². The number of halogens is 3. The van der Waals surface area contributed by atoms with Gasteiger partial charge in [0.2, 0.25) is 0 Å². The monoisotopic (exact) mass is 285 g/mol. The number of anilines is 1. The number of nitrogens with one attached hydrogen (secondary N) is 1. The van der Waals surface area contributed by atoms with Crippen LogP contribution >= 0.6 is 23.2 Å². The molecule has 0 saturated heterocycles. The fourth-order valence-electron chi connectivity index (χ4n) is 1.51. The van der Waals surface area contributed by atoms with Gasteiger partial charge < -0.3 is 5.32 Å². The van der Waals surface area contributed by atoms with E-state index in [4.69, 9.17) is 23.2 Å². The molecule has 1 N–H and O–H groups in total. The third-order valence-corrected chi connectivity index (χ3v) is 2.80. The summed E-state index contributed by atoms with van der Waals surface area (Å²) in [4.78, 5) is 0. The Morgan fingerprint density at radius 1 is 1.17 bits per heavy atom. The predicted octanol–water partition coefficient (Wildman–Crippen LogP) is 3.58. The van der Waals surface area contributed by atoms with Crippen molar-refractivity contribution in [3.8, 4) is 0 Å². The van der Waals surface area contributed by atoms with Gasteiger partial charge in [0.05, 0.1) is 5.69 Å². The lowest BCUT2D eigenvalue weighted by atomic mass is 10.1. The highest BCUT2D eigenvalue weighted by molar-refractivity contribution is 6.33. The molecule has 2 rings (SSSR count). The Balaban J connectivity index is 1.94. The fourth-order valence-corrected chi connectivity index (χ4v) is 1.82. The van der Waals surface area contributed by atoms with Crippen LogP contribution in [0.5, 0.6) is 0 Å². The maximum atomic E-state index is 13.0. The average Bonchev–Trinajstić information content (AvgIpc) is 2.34. The number of hydrogen-bond donors (Lipinski definition) is 1. The van der Waals surface area contributed by atoms with Crippen molar-refractivity contribution in [2.24, 2.45) is 0 Å². The molecule has 6 heteroatoms. The normalized spacial score (nSPS) is 10.4. The molecular formula is C12H10Cl2FN3. The van der Waals surface area contributed by atoms with E-state index in [0.29, 0.717) is 18.7 Å². The van der Waals surface area contributed by atoms with E-state index in [1.54, 1.807) is 12.1 Å². The minimum atomic E-state index is -0.237. The lowest BCUT2D eigenvalue weighted by molar-refractivity contribution is 0.625. The summed E-state index contributed by atoms with van der Waals surface area (Å²) < 4.78 is 13.0. The first-order chi connectivity index (χ1) is 8.65. The number of hydrogen-bond acceptors (Lipinski definition) is 3. The van der Waals surface area contributed by atoms with Crippen LogP contribution in [0.25, 0.3) is 0 Å². The molecule has 0 spiro atoms. The van der Waals surface area contributed by atoms with Gasteiger partial charge in [0.15, 0.2) is 10.3 Å². The molecule has 0 saturated carbocycles. The molecule has 1 aromatic carbocycles. The molecule has 0 bridgehead atoms. The molecule has 0 unspecified atom stereocenters. The Kier molecular flexibility index (Phi) is 4.33. The standard InChI is InChI=1S/C12H10Cl2FN3/c13-11-7-10(12(14)18-17-11)16-5-4-8-2-1-3-9(15)6-8/h1-3,6-7H,4-5H2,(H,16,17). The molecule has 0 radical (unpaired) electrons. The van der Waals surface area contributed by atoms with Crippen LogP contribution in [0.3, 0.4) is 0 Å². The van der Waals surface area contributed by atoms with Crippen molar-refractivity contribution >= 4 is 28.9 Å². The largest absolute Gasteiger partial charge is 0.382 e. The summed E-state index contributed by atoms with van der Waals surface area (Å²) in [5.41, 5.74) is 1.53. The molecule has 18 heavy (non-hydrogen) atoms. The first kappa shape index (κ1) is 13.1. The number of benzene rings is 1. The van der Waals surface area contributed by atoms with Crippen LogP contribution in [-0.4, -0.2) is 16.7 Å². The highest BCUT2D eigenvalue weighted by Crippen LogP contribution is 2.20. The summed E-state index contributed by atoms with van der Waals surface area (Å²) in [5.74, 6) is -0.237. The second-order valence-corrected chi connectivity index (χ2v) is 4.42. The summed E-state index contributed by atoms with van der Waals surface area (Å²) in [5, 5.41) is 10.9. The van der Waals surface area contributed by atoms with Crippen LogP contribution in [0, 0.1) is 5.82 Å². The highest BCUT2D eigenvalue weighted by atomic mass is 35.5. The van der Waals surface area contributed by atoms with Crippen LogP contribution in [0.2, 0.25) is 10.3 Å². The van der Waals surface area contributed by atoms with Crippen LogP contribution < -0.4 is 5.32 Å². The van der Waals surface area contributed by atoms with Gasteiger partial charge >= 0.3 is 0 Å². The molecule has 0 amide bonds.